The third-order valence-electron chi connectivity index (χ3n) is 2.88. The van der Waals surface area contributed by atoms with Crippen molar-refractivity contribution in [3.63, 3.8) is 0 Å². The lowest BCUT2D eigenvalue weighted by Crippen LogP contribution is -2.06. The normalized spacial score (nSPS) is 10.6. The second-order valence-corrected chi connectivity index (χ2v) is 4.82. The number of thiophene rings is 1. The van der Waals surface area contributed by atoms with Crippen molar-refractivity contribution < 1.29 is 4.92 Å². The van der Waals surface area contributed by atoms with E-state index < -0.39 is 4.92 Å². The van der Waals surface area contributed by atoms with E-state index in [1.165, 1.54) is 5.56 Å². The first-order valence-corrected chi connectivity index (χ1v) is 6.38. The number of nitrogens with zero attached hydrogens (tertiary/aromatic N) is 3. The average Bonchev–Trinajstić information content (AvgIpc) is 2.83. The standard InChI is InChI=1S/C11H14N4O2S/c1-7-5-18-6-9(7)4-12-10-11(15(16)17)13-8(2)14(10)3/h5-6,12H,4H2,1-3H3. The van der Waals surface area contributed by atoms with Crippen LogP contribution in [0.15, 0.2) is 10.8 Å². The molecule has 2 aromatic heterocycles. The first-order valence-electron chi connectivity index (χ1n) is 5.44. The van der Waals surface area contributed by atoms with Crippen LogP contribution in [-0.4, -0.2) is 14.5 Å². The Labute approximate surface area is 108 Å². The lowest BCUT2D eigenvalue weighted by atomic mass is 10.2. The molecule has 2 heterocycles. The maximum absolute atomic E-state index is 10.9. The third kappa shape index (κ3) is 2.21. The fourth-order valence-electron chi connectivity index (χ4n) is 1.66. The molecule has 0 unspecified atom stereocenters. The molecule has 0 spiro atoms. The highest BCUT2D eigenvalue weighted by atomic mass is 32.1. The van der Waals surface area contributed by atoms with Crippen LogP contribution in [0, 0.1) is 24.0 Å². The van der Waals surface area contributed by atoms with Gasteiger partial charge in [0.2, 0.25) is 11.6 Å². The Balaban J connectivity index is 2.24. The molecule has 0 aliphatic rings. The van der Waals surface area contributed by atoms with E-state index in [9.17, 15) is 10.1 Å². The molecule has 1 N–H and O–H groups in total. The van der Waals surface area contributed by atoms with Crippen LogP contribution in [-0.2, 0) is 13.6 Å². The van der Waals surface area contributed by atoms with E-state index in [1.54, 1.807) is 29.9 Å². The van der Waals surface area contributed by atoms with Crippen molar-refractivity contribution in [3.05, 3.63) is 37.8 Å². The number of hydrogen-bond donors (Lipinski definition) is 1. The summed E-state index contributed by atoms with van der Waals surface area (Å²) in [5.41, 5.74) is 2.34. The number of nitro groups is 1. The van der Waals surface area contributed by atoms with Crippen LogP contribution >= 0.6 is 11.3 Å². The molecule has 2 aromatic rings. The van der Waals surface area contributed by atoms with Gasteiger partial charge in [-0.25, -0.2) is 0 Å². The largest absolute Gasteiger partial charge is 0.406 e. The number of imidazole rings is 1. The summed E-state index contributed by atoms with van der Waals surface area (Å²) in [6.45, 7) is 4.33. The van der Waals surface area contributed by atoms with Crippen LogP contribution in [0.2, 0.25) is 0 Å². The average molecular weight is 266 g/mol. The van der Waals surface area contributed by atoms with Gasteiger partial charge in [-0.3, -0.25) is 4.57 Å². The zero-order chi connectivity index (χ0) is 13.3. The molecular weight excluding hydrogens is 252 g/mol. The van der Waals surface area contributed by atoms with Crippen molar-refractivity contribution in [3.8, 4) is 0 Å². The van der Waals surface area contributed by atoms with Gasteiger partial charge >= 0.3 is 5.82 Å². The number of hydrogen-bond acceptors (Lipinski definition) is 5. The predicted molar refractivity (Wildman–Crippen MR) is 71.0 cm³/mol. The summed E-state index contributed by atoms with van der Waals surface area (Å²) in [6.07, 6.45) is 0. The maximum atomic E-state index is 10.9. The highest BCUT2D eigenvalue weighted by Crippen LogP contribution is 2.25. The Bertz CT molecular complexity index is 588. The zero-order valence-electron chi connectivity index (χ0n) is 10.4. The molecule has 0 bridgehead atoms. The summed E-state index contributed by atoms with van der Waals surface area (Å²) in [4.78, 5) is 14.4. The monoisotopic (exact) mass is 266 g/mol. The molecule has 0 aliphatic carbocycles. The summed E-state index contributed by atoms with van der Waals surface area (Å²) in [5.74, 6) is 0.942. The second-order valence-electron chi connectivity index (χ2n) is 4.08. The molecule has 0 fully saturated rings. The fourth-order valence-corrected chi connectivity index (χ4v) is 2.52. The smallest absolute Gasteiger partial charge is 0.360 e. The van der Waals surface area contributed by atoms with Gasteiger partial charge < -0.3 is 15.4 Å². The Hall–Kier alpha value is -1.89. The van der Waals surface area contributed by atoms with Crippen LogP contribution in [0.3, 0.4) is 0 Å². The first kappa shape index (κ1) is 12.6. The Morgan fingerprint density at radius 2 is 2.22 bits per heavy atom. The van der Waals surface area contributed by atoms with Gasteiger partial charge in [0, 0.05) is 20.5 Å². The fraction of sp³-hybridized carbons (Fsp3) is 0.364. The Morgan fingerprint density at radius 1 is 1.50 bits per heavy atom. The zero-order valence-corrected chi connectivity index (χ0v) is 11.2. The van der Waals surface area contributed by atoms with Crippen LogP contribution in [0.1, 0.15) is 17.0 Å². The number of aromatic nitrogens is 2. The minimum Gasteiger partial charge on any atom is -0.360 e. The molecule has 0 saturated heterocycles. The Kier molecular flexibility index (Phi) is 3.33. The van der Waals surface area contributed by atoms with Crippen molar-refractivity contribution in [2.45, 2.75) is 20.4 Å². The summed E-state index contributed by atoms with van der Waals surface area (Å²) in [5, 5.41) is 18.1. The summed E-state index contributed by atoms with van der Waals surface area (Å²) in [6, 6.07) is 0. The van der Waals surface area contributed by atoms with E-state index in [0.29, 0.717) is 18.2 Å². The molecule has 0 radical (unpaired) electrons. The van der Waals surface area contributed by atoms with Crippen molar-refractivity contribution in [2.75, 3.05) is 5.32 Å². The number of nitrogens with one attached hydrogen (secondary N) is 1. The first-order chi connectivity index (χ1) is 8.50. The van der Waals surface area contributed by atoms with Crippen molar-refractivity contribution in [1.29, 1.82) is 0 Å². The molecule has 18 heavy (non-hydrogen) atoms. The van der Waals surface area contributed by atoms with E-state index >= 15 is 0 Å². The van der Waals surface area contributed by atoms with Gasteiger partial charge in [-0.2, -0.15) is 11.3 Å². The molecule has 0 aliphatic heterocycles. The van der Waals surface area contributed by atoms with Gasteiger partial charge in [0.1, 0.15) is 0 Å². The molecule has 7 heteroatoms. The Morgan fingerprint density at radius 3 is 2.78 bits per heavy atom. The van der Waals surface area contributed by atoms with E-state index in [4.69, 9.17) is 0 Å². The lowest BCUT2D eigenvalue weighted by molar-refractivity contribution is -0.388. The highest BCUT2D eigenvalue weighted by molar-refractivity contribution is 7.08. The van der Waals surface area contributed by atoms with Gasteiger partial charge in [-0.05, 0) is 38.7 Å². The second kappa shape index (κ2) is 4.77. The molecule has 96 valence electrons. The molecule has 6 nitrogen and oxygen atoms in total. The van der Waals surface area contributed by atoms with Crippen LogP contribution in [0.25, 0.3) is 0 Å². The molecule has 0 saturated carbocycles. The van der Waals surface area contributed by atoms with E-state index in [2.05, 4.69) is 15.7 Å². The topological polar surface area (TPSA) is 73.0 Å². The third-order valence-corrected chi connectivity index (χ3v) is 3.79. The minimum atomic E-state index is -0.462. The van der Waals surface area contributed by atoms with Gasteiger partial charge in [0.25, 0.3) is 0 Å². The lowest BCUT2D eigenvalue weighted by Gasteiger charge is -2.06. The number of anilines is 1. The summed E-state index contributed by atoms with van der Waals surface area (Å²) < 4.78 is 1.69. The van der Waals surface area contributed by atoms with Gasteiger partial charge in [-0.1, -0.05) is 0 Å². The summed E-state index contributed by atoms with van der Waals surface area (Å²) in [7, 11) is 1.76. The minimum absolute atomic E-state index is 0.122. The summed E-state index contributed by atoms with van der Waals surface area (Å²) >= 11 is 1.62. The van der Waals surface area contributed by atoms with Crippen LogP contribution in [0.4, 0.5) is 11.6 Å². The molecule has 0 aromatic carbocycles. The van der Waals surface area contributed by atoms with Crippen LogP contribution < -0.4 is 5.32 Å². The van der Waals surface area contributed by atoms with Gasteiger partial charge in [0.05, 0.1) is 0 Å². The van der Waals surface area contributed by atoms with Crippen molar-refractivity contribution in [1.82, 2.24) is 9.55 Å². The SMILES string of the molecule is Cc1cscc1CNc1c([N+](=O)[O-])nc(C)n1C. The van der Waals surface area contributed by atoms with Gasteiger partial charge in [-0.15, -0.1) is 0 Å². The molecule has 0 atom stereocenters. The van der Waals surface area contributed by atoms with E-state index in [1.807, 2.05) is 12.3 Å². The van der Waals surface area contributed by atoms with Gasteiger partial charge in [0.15, 0.2) is 0 Å². The quantitative estimate of drug-likeness (QED) is 0.682. The number of rotatable bonds is 4. The van der Waals surface area contributed by atoms with E-state index in [-0.39, 0.29) is 5.82 Å². The predicted octanol–water partition coefficient (Wildman–Crippen LogP) is 2.62. The van der Waals surface area contributed by atoms with Crippen LogP contribution in [0.5, 0.6) is 0 Å². The highest BCUT2D eigenvalue weighted by Gasteiger charge is 2.23. The van der Waals surface area contributed by atoms with Crippen molar-refractivity contribution in [2.24, 2.45) is 7.05 Å². The molecule has 2 rings (SSSR count). The maximum Gasteiger partial charge on any atom is 0.406 e. The number of aryl methyl sites for hydroxylation is 2. The molecular formula is C11H14N4O2S. The van der Waals surface area contributed by atoms with E-state index in [0.717, 1.165) is 5.56 Å². The molecule has 0 amide bonds. The van der Waals surface area contributed by atoms with Crippen molar-refractivity contribution >= 4 is 23.0 Å².